The lowest BCUT2D eigenvalue weighted by Gasteiger charge is -2.08. The molecule has 124 valence electrons. The third kappa shape index (κ3) is 2.83. The first-order chi connectivity index (χ1) is 11.3. The van der Waals surface area contributed by atoms with Crippen LogP contribution in [0.4, 0.5) is 0 Å². The third-order valence-corrected chi connectivity index (χ3v) is 5.32. The maximum atomic E-state index is 12.4. The summed E-state index contributed by atoms with van der Waals surface area (Å²) >= 11 is 0. The highest BCUT2D eigenvalue weighted by atomic mass is 32.2. The van der Waals surface area contributed by atoms with E-state index in [1.807, 2.05) is 31.2 Å². The zero-order chi connectivity index (χ0) is 17.5. The Hall–Kier alpha value is -2.51. The molecule has 0 spiro atoms. The van der Waals surface area contributed by atoms with Crippen molar-refractivity contribution in [2.75, 3.05) is 7.05 Å². The lowest BCUT2D eigenvalue weighted by molar-refractivity contribution is 0.0693. The van der Waals surface area contributed by atoms with Gasteiger partial charge in [0.1, 0.15) is 0 Å². The Labute approximate surface area is 140 Å². The van der Waals surface area contributed by atoms with Gasteiger partial charge in [-0.15, -0.1) is 0 Å². The summed E-state index contributed by atoms with van der Waals surface area (Å²) < 4.78 is 27.4. The first-order valence-electron chi connectivity index (χ1n) is 7.31. The summed E-state index contributed by atoms with van der Waals surface area (Å²) in [6.07, 6.45) is 0. The minimum Gasteiger partial charge on any atom is -0.277 e. The van der Waals surface area contributed by atoms with Gasteiger partial charge in [0, 0.05) is 13.6 Å². The molecule has 2 amide bonds. The maximum Gasteiger partial charge on any atom is 0.261 e. The molecule has 0 fully saturated rings. The lowest BCUT2D eigenvalue weighted by Crippen LogP contribution is -2.24. The highest BCUT2D eigenvalue weighted by Gasteiger charge is 2.33. The molecule has 0 aliphatic carbocycles. The minimum atomic E-state index is -3.78. The topological polar surface area (TPSA) is 83.6 Å². The Morgan fingerprint density at radius 1 is 1.00 bits per heavy atom. The van der Waals surface area contributed by atoms with E-state index in [9.17, 15) is 18.0 Å². The van der Waals surface area contributed by atoms with E-state index < -0.39 is 21.8 Å². The van der Waals surface area contributed by atoms with Gasteiger partial charge in [-0.3, -0.25) is 14.5 Å². The van der Waals surface area contributed by atoms with Gasteiger partial charge in [0.2, 0.25) is 10.0 Å². The molecular formula is C17H16N2O4S. The van der Waals surface area contributed by atoms with Crippen LogP contribution in [0.3, 0.4) is 0 Å². The Morgan fingerprint density at radius 3 is 2.42 bits per heavy atom. The molecule has 0 bridgehead atoms. The molecule has 1 heterocycles. The normalized spacial score (nSPS) is 14.2. The summed E-state index contributed by atoms with van der Waals surface area (Å²) in [5.41, 5.74) is 2.21. The molecule has 0 atom stereocenters. The molecule has 0 unspecified atom stereocenters. The highest BCUT2D eigenvalue weighted by Crippen LogP contribution is 2.24. The monoisotopic (exact) mass is 344 g/mol. The Morgan fingerprint density at radius 2 is 1.71 bits per heavy atom. The van der Waals surface area contributed by atoms with Gasteiger partial charge in [0.25, 0.3) is 11.8 Å². The van der Waals surface area contributed by atoms with Crippen LogP contribution in [0.2, 0.25) is 0 Å². The van der Waals surface area contributed by atoms with E-state index in [0.717, 1.165) is 16.0 Å². The summed E-state index contributed by atoms with van der Waals surface area (Å²) in [6, 6.07) is 11.5. The Balaban J connectivity index is 1.86. The Kier molecular flexibility index (Phi) is 3.98. The van der Waals surface area contributed by atoms with Crippen molar-refractivity contribution in [1.82, 2.24) is 9.62 Å². The fourth-order valence-corrected chi connectivity index (χ4v) is 3.63. The molecule has 2 aromatic carbocycles. The number of carbonyl (C=O) groups is 2. The van der Waals surface area contributed by atoms with Crippen molar-refractivity contribution in [3.63, 3.8) is 0 Å². The van der Waals surface area contributed by atoms with Crippen molar-refractivity contribution in [2.45, 2.75) is 18.4 Å². The molecule has 1 aliphatic heterocycles. The summed E-state index contributed by atoms with van der Waals surface area (Å²) in [5, 5.41) is 0. The molecule has 0 aromatic heterocycles. The molecule has 0 saturated heterocycles. The maximum absolute atomic E-state index is 12.4. The molecule has 1 N–H and O–H groups in total. The number of hydrogen-bond donors (Lipinski definition) is 1. The molecule has 3 rings (SSSR count). The second-order valence-electron chi connectivity index (χ2n) is 5.69. The van der Waals surface area contributed by atoms with E-state index in [2.05, 4.69) is 4.72 Å². The van der Waals surface area contributed by atoms with Gasteiger partial charge in [-0.25, -0.2) is 13.1 Å². The van der Waals surface area contributed by atoms with E-state index in [4.69, 9.17) is 0 Å². The SMILES string of the molecule is Cc1cccc(CNS(=O)(=O)c2ccc3c(c2)C(=O)N(C)C3=O)c1. The van der Waals surface area contributed by atoms with E-state index in [0.29, 0.717) is 0 Å². The van der Waals surface area contributed by atoms with Crippen LogP contribution in [0, 0.1) is 6.92 Å². The predicted molar refractivity (Wildman–Crippen MR) is 88.1 cm³/mol. The van der Waals surface area contributed by atoms with Crippen molar-refractivity contribution >= 4 is 21.8 Å². The van der Waals surface area contributed by atoms with Gasteiger partial charge in [-0.1, -0.05) is 29.8 Å². The van der Waals surface area contributed by atoms with Crippen molar-refractivity contribution in [3.8, 4) is 0 Å². The zero-order valence-corrected chi connectivity index (χ0v) is 14.1. The second kappa shape index (κ2) is 5.85. The summed E-state index contributed by atoms with van der Waals surface area (Å²) in [4.78, 5) is 24.8. The second-order valence-corrected chi connectivity index (χ2v) is 7.46. The van der Waals surface area contributed by atoms with E-state index in [-0.39, 0.29) is 22.6 Å². The molecule has 7 heteroatoms. The fourth-order valence-electron chi connectivity index (χ4n) is 2.59. The Bertz CT molecular complexity index is 951. The first kappa shape index (κ1) is 16.4. The minimum absolute atomic E-state index is 0.0367. The number of aryl methyl sites for hydroxylation is 1. The van der Waals surface area contributed by atoms with Gasteiger partial charge in [-0.05, 0) is 30.7 Å². The molecule has 0 radical (unpaired) electrons. The number of benzene rings is 2. The van der Waals surface area contributed by atoms with Gasteiger partial charge < -0.3 is 0 Å². The highest BCUT2D eigenvalue weighted by molar-refractivity contribution is 7.89. The van der Waals surface area contributed by atoms with Crippen LogP contribution in [0.15, 0.2) is 47.4 Å². The number of hydrogen-bond acceptors (Lipinski definition) is 4. The van der Waals surface area contributed by atoms with Crippen molar-refractivity contribution in [1.29, 1.82) is 0 Å². The van der Waals surface area contributed by atoms with E-state index in [1.165, 1.54) is 25.2 Å². The summed E-state index contributed by atoms with van der Waals surface area (Å²) in [7, 11) is -2.41. The standard InChI is InChI=1S/C17H16N2O4S/c1-11-4-3-5-12(8-11)10-18-24(22,23)13-6-7-14-15(9-13)17(21)19(2)16(14)20/h3-9,18H,10H2,1-2H3. The smallest absolute Gasteiger partial charge is 0.261 e. The number of imide groups is 1. The number of nitrogens with one attached hydrogen (secondary N) is 1. The number of amides is 2. The number of rotatable bonds is 4. The van der Waals surface area contributed by atoms with Gasteiger partial charge >= 0.3 is 0 Å². The zero-order valence-electron chi connectivity index (χ0n) is 13.2. The molecule has 24 heavy (non-hydrogen) atoms. The fraction of sp³-hybridized carbons (Fsp3) is 0.176. The predicted octanol–water partition coefficient (Wildman–Crippen LogP) is 1.70. The van der Waals surface area contributed by atoms with Crippen LogP contribution in [-0.2, 0) is 16.6 Å². The van der Waals surface area contributed by atoms with Crippen LogP contribution in [0.1, 0.15) is 31.8 Å². The summed E-state index contributed by atoms with van der Waals surface area (Å²) in [6.45, 7) is 2.07. The molecule has 2 aromatic rings. The van der Waals surface area contributed by atoms with E-state index in [1.54, 1.807) is 0 Å². The largest absolute Gasteiger partial charge is 0.277 e. The van der Waals surface area contributed by atoms with E-state index >= 15 is 0 Å². The van der Waals surface area contributed by atoms with Crippen LogP contribution >= 0.6 is 0 Å². The quantitative estimate of drug-likeness (QED) is 0.856. The van der Waals surface area contributed by atoms with Crippen LogP contribution in [0.25, 0.3) is 0 Å². The van der Waals surface area contributed by atoms with Gasteiger partial charge in [0.15, 0.2) is 0 Å². The third-order valence-electron chi connectivity index (χ3n) is 3.92. The van der Waals surface area contributed by atoms with Crippen LogP contribution in [0.5, 0.6) is 0 Å². The van der Waals surface area contributed by atoms with Crippen molar-refractivity contribution in [3.05, 3.63) is 64.7 Å². The molecule has 1 aliphatic rings. The van der Waals surface area contributed by atoms with Crippen LogP contribution in [-0.4, -0.2) is 32.2 Å². The number of sulfonamides is 1. The number of fused-ring (bicyclic) bond motifs is 1. The molecular weight excluding hydrogens is 328 g/mol. The van der Waals surface area contributed by atoms with Gasteiger partial charge in [0.05, 0.1) is 16.0 Å². The van der Waals surface area contributed by atoms with Gasteiger partial charge in [-0.2, -0.15) is 0 Å². The number of nitrogens with zero attached hydrogens (tertiary/aromatic N) is 1. The number of carbonyl (C=O) groups excluding carboxylic acids is 2. The van der Waals surface area contributed by atoms with Crippen LogP contribution < -0.4 is 4.72 Å². The molecule has 6 nitrogen and oxygen atoms in total. The lowest BCUT2D eigenvalue weighted by atomic mass is 10.1. The summed E-state index contributed by atoms with van der Waals surface area (Å²) in [5.74, 6) is -0.919. The van der Waals surface area contributed by atoms with Crippen molar-refractivity contribution in [2.24, 2.45) is 0 Å². The average Bonchev–Trinajstić information content (AvgIpc) is 2.77. The van der Waals surface area contributed by atoms with Crippen molar-refractivity contribution < 1.29 is 18.0 Å². The first-order valence-corrected chi connectivity index (χ1v) is 8.79. The average molecular weight is 344 g/mol. The molecule has 0 saturated carbocycles.